The maximum atomic E-state index is 11.9. The number of hydrogen-bond acceptors (Lipinski definition) is 4. The summed E-state index contributed by atoms with van der Waals surface area (Å²) in [4.78, 5) is 18.7. The molecule has 20 heavy (non-hydrogen) atoms. The molecule has 0 radical (unpaired) electrons. The zero-order chi connectivity index (χ0) is 14.7. The Balaban J connectivity index is 2.85. The van der Waals surface area contributed by atoms with E-state index in [9.17, 15) is 4.79 Å². The van der Waals surface area contributed by atoms with Crippen LogP contribution in [0.25, 0.3) is 21.3 Å². The van der Waals surface area contributed by atoms with Crippen molar-refractivity contribution in [3.63, 3.8) is 0 Å². The molecule has 0 aliphatic carbocycles. The third-order valence-electron chi connectivity index (χ3n) is 2.50. The van der Waals surface area contributed by atoms with E-state index in [1.165, 1.54) is 0 Å². The molecule has 1 heterocycles. The average molecular weight is 311 g/mol. The van der Waals surface area contributed by atoms with Gasteiger partial charge in [0.15, 0.2) is 0 Å². The fraction of sp³-hybridized carbons (Fsp3) is 0.167. The third-order valence-corrected chi connectivity index (χ3v) is 3.01. The molecule has 0 fully saturated rings. The molecule has 102 valence electrons. The molecule has 0 amide bonds. The Labute approximate surface area is 123 Å². The van der Waals surface area contributed by atoms with Gasteiger partial charge in [-0.3, -0.25) is 0 Å². The molecule has 0 aliphatic heterocycles. The van der Waals surface area contributed by atoms with Gasteiger partial charge < -0.3 is 4.74 Å². The van der Waals surface area contributed by atoms with Crippen LogP contribution in [-0.4, -0.2) is 17.6 Å². The number of hydrogen-bond donors (Lipinski definition) is 0. The number of carbonyl (C=O) groups excluding carboxylic acids is 1. The van der Waals surface area contributed by atoms with Gasteiger partial charge in [-0.25, -0.2) is 9.78 Å². The molecule has 0 atom stereocenters. The van der Waals surface area contributed by atoms with Gasteiger partial charge in [0.05, 0.1) is 17.8 Å². The molecule has 2 aromatic rings. The van der Waals surface area contributed by atoms with Gasteiger partial charge in [0.2, 0.25) is 0 Å². The second-order valence-electron chi connectivity index (χ2n) is 3.70. The highest BCUT2D eigenvalue weighted by molar-refractivity contribution is 6.34. The Kier molecular flexibility index (Phi) is 4.29. The van der Waals surface area contributed by atoms with E-state index >= 15 is 0 Å². The minimum absolute atomic E-state index is 0.0588. The molecule has 2 rings (SSSR count). The first-order valence-corrected chi connectivity index (χ1v) is 6.35. The standard InChI is InChI=1S/C12H8Cl2N4O2/c1-2-20-12(19)9-10(17-18-15)7-5-6(13)3-4-8(7)16-11(9)14/h3-5H,2H2,1H3. The van der Waals surface area contributed by atoms with Crippen LogP contribution in [-0.2, 0) is 4.74 Å². The number of halogens is 2. The van der Waals surface area contributed by atoms with Gasteiger partial charge in [0.1, 0.15) is 10.7 Å². The third kappa shape index (κ3) is 2.63. The first kappa shape index (κ1) is 14.4. The number of aromatic nitrogens is 1. The molecule has 0 spiro atoms. The summed E-state index contributed by atoms with van der Waals surface area (Å²) >= 11 is 11.9. The van der Waals surface area contributed by atoms with E-state index < -0.39 is 5.97 Å². The van der Waals surface area contributed by atoms with Crippen LogP contribution in [0.15, 0.2) is 23.3 Å². The number of benzene rings is 1. The molecule has 0 N–H and O–H groups in total. The van der Waals surface area contributed by atoms with Gasteiger partial charge in [-0.05, 0) is 30.7 Å². The maximum Gasteiger partial charge on any atom is 0.341 e. The van der Waals surface area contributed by atoms with Crippen molar-refractivity contribution in [1.29, 1.82) is 0 Å². The van der Waals surface area contributed by atoms with Crippen LogP contribution in [0.4, 0.5) is 5.69 Å². The quantitative estimate of drug-likeness (QED) is 0.271. The van der Waals surface area contributed by atoms with Crippen molar-refractivity contribution in [3.05, 3.63) is 44.4 Å². The molecule has 0 saturated carbocycles. The number of rotatable bonds is 3. The fourth-order valence-electron chi connectivity index (χ4n) is 1.72. The highest BCUT2D eigenvalue weighted by Crippen LogP contribution is 2.35. The maximum absolute atomic E-state index is 11.9. The Morgan fingerprint density at radius 2 is 2.25 bits per heavy atom. The largest absolute Gasteiger partial charge is 0.462 e. The lowest BCUT2D eigenvalue weighted by atomic mass is 10.1. The summed E-state index contributed by atoms with van der Waals surface area (Å²) < 4.78 is 4.90. The van der Waals surface area contributed by atoms with Crippen molar-refractivity contribution in [1.82, 2.24) is 4.98 Å². The predicted octanol–water partition coefficient (Wildman–Crippen LogP) is 4.66. The number of carbonyl (C=O) groups is 1. The molecule has 0 aliphatic rings. The topological polar surface area (TPSA) is 88.0 Å². The minimum atomic E-state index is -0.700. The number of fused-ring (bicyclic) bond motifs is 1. The number of ether oxygens (including phenoxy) is 1. The minimum Gasteiger partial charge on any atom is -0.462 e. The van der Waals surface area contributed by atoms with Gasteiger partial charge >= 0.3 is 5.97 Å². The van der Waals surface area contributed by atoms with E-state index in [0.29, 0.717) is 15.9 Å². The Morgan fingerprint density at radius 3 is 2.90 bits per heavy atom. The summed E-state index contributed by atoms with van der Waals surface area (Å²) in [6.07, 6.45) is 0. The second-order valence-corrected chi connectivity index (χ2v) is 4.49. The molecule has 1 aromatic heterocycles. The van der Waals surface area contributed by atoms with E-state index in [1.807, 2.05) is 0 Å². The zero-order valence-electron chi connectivity index (χ0n) is 10.3. The van der Waals surface area contributed by atoms with Crippen molar-refractivity contribution in [2.75, 3.05) is 6.61 Å². The zero-order valence-corrected chi connectivity index (χ0v) is 11.8. The van der Waals surface area contributed by atoms with Gasteiger partial charge in [-0.2, -0.15) is 0 Å². The van der Waals surface area contributed by atoms with E-state index in [1.54, 1.807) is 25.1 Å². The van der Waals surface area contributed by atoms with E-state index in [2.05, 4.69) is 15.0 Å². The lowest BCUT2D eigenvalue weighted by Crippen LogP contribution is -2.07. The van der Waals surface area contributed by atoms with Crippen molar-refractivity contribution in [3.8, 4) is 0 Å². The summed E-state index contributed by atoms with van der Waals surface area (Å²) in [6, 6.07) is 4.79. The molecule has 0 saturated heterocycles. The smallest absolute Gasteiger partial charge is 0.341 e. The van der Waals surface area contributed by atoms with Gasteiger partial charge in [0.25, 0.3) is 0 Å². The highest BCUT2D eigenvalue weighted by Gasteiger charge is 2.20. The molecule has 1 aromatic carbocycles. The van der Waals surface area contributed by atoms with E-state index in [0.717, 1.165) is 0 Å². The van der Waals surface area contributed by atoms with Crippen LogP contribution >= 0.6 is 23.2 Å². The average Bonchev–Trinajstić information content (AvgIpc) is 2.40. The van der Waals surface area contributed by atoms with Gasteiger partial charge in [-0.1, -0.05) is 28.3 Å². The molecule has 8 heteroatoms. The van der Waals surface area contributed by atoms with Crippen LogP contribution < -0.4 is 0 Å². The van der Waals surface area contributed by atoms with Gasteiger partial charge in [0, 0.05) is 15.3 Å². The van der Waals surface area contributed by atoms with Crippen LogP contribution in [0.5, 0.6) is 0 Å². The van der Waals surface area contributed by atoms with Crippen LogP contribution in [0.3, 0.4) is 0 Å². The number of pyridine rings is 1. The normalized spacial score (nSPS) is 10.2. The van der Waals surface area contributed by atoms with Crippen LogP contribution in [0, 0.1) is 0 Å². The molecular formula is C12H8Cl2N4O2. The number of azide groups is 1. The monoisotopic (exact) mass is 310 g/mol. The lowest BCUT2D eigenvalue weighted by Gasteiger charge is -2.10. The summed E-state index contributed by atoms with van der Waals surface area (Å²) in [5.74, 6) is -0.700. The fourth-order valence-corrected chi connectivity index (χ4v) is 2.15. The molecule has 6 nitrogen and oxygen atoms in total. The SMILES string of the molecule is CCOC(=O)c1c(Cl)nc2ccc(Cl)cc2c1N=[N+]=[N-]. The second kappa shape index (κ2) is 5.96. The van der Waals surface area contributed by atoms with Crippen molar-refractivity contribution >= 4 is 45.8 Å². The van der Waals surface area contributed by atoms with E-state index in [4.69, 9.17) is 33.5 Å². The first-order valence-electron chi connectivity index (χ1n) is 5.59. The summed E-state index contributed by atoms with van der Waals surface area (Å²) in [5.41, 5.74) is 9.14. The number of esters is 1. The summed E-state index contributed by atoms with van der Waals surface area (Å²) in [6.45, 7) is 1.82. The summed E-state index contributed by atoms with van der Waals surface area (Å²) in [5, 5.41) is 4.31. The molecule has 0 unspecified atom stereocenters. The van der Waals surface area contributed by atoms with Crippen molar-refractivity contribution < 1.29 is 9.53 Å². The Morgan fingerprint density at radius 1 is 1.50 bits per heavy atom. The van der Waals surface area contributed by atoms with E-state index in [-0.39, 0.29) is 23.0 Å². The number of nitrogens with zero attached hydrogens (tertiary/aromatic N) is 4. The lowest BCUT2D eigenvalue weighted by molar-refractivity contribution is 0.0527. The molecule has 0 bridgehead atoms. The predicted molar refractivity (Wildman–Crippen MR) is 76.5 cm³/mol. The highest BCUT2D eigenvalue weighted by atomic mass is 35.5. The van der Waals surface area contributed by atoms with Crippen molar-refractivity contribution in [2.24, 2.45) is 5.11 Å². The van der Waals surface area contributed by atoms with Crippen LogP contribution in [0.1, 0.15) is 17.3 Å². The van der Waals surface area contributed by atoms with Crippen LogP contribution in [0.2, 0.25) is 10.2 Å². The Bertz CT molecular complexity index is 742. The van der Waals surface area contributed by atoms with Gasteiger partial charge in [-0.15, -0.1) is 0 Å². The summed E-state index contributed by atoms with van der Waals surface area (Å²) in [7, 11) is 0. The first-order chi connectivity index (χ1) is 9.58. The van der Waals surface area contributed by atoms with Crippen molar-refractivity contribution in [2.45, 2.75) is 6.92 Å². The Hall–Kier alpha value is -2.01. The molecular weight excluding hydrogens is 303 g/mol.